The van der Waals surface area contributed by atoms with Crippen molar-refractivity contribution in [2.24, 2.45) is 11.8 Å². The van der Waals surface area contributed by atoms with Crippen molar-refractivity contribution in [3.63, 3.8) is 0 Å². The van der Waals surface area contributed by atoms with Crippen LogP contribution in [0.5, 0.6) is 0 Å². The first-order chi connectivity index (χ1) is 7.32. The lowest BCUT2D eigenvalue weighted by atomic mass is 10.0. The van der Waals surface area contributed by atoms with Crippen molar-refractivity contribution in [1.82, 2.24) is 4.72 Å². The molecule has 0 saturated heterocycles. The predicted molar refractivity (Wildman–Crippen MR) is 66.7 cm³/mol. The van der Waals surface area contributed by atoms with E-state index in [1.165, 1.54) is 0 Å². The molecule has 0 aliphatic rings. The monoisotopic (exact) mass is 251 g/mol. The summed E-state index contributed by atoms with van der Waals surface area (Å²) in [5.74, 6) is 0.524. The molecule has 0 saturated carbocycles. The summed E-state index contributed by atoms with van der Waals surface area (Å²) in [4.78, 5) is 0. The van der Waals surface area contributed by atoms with Gasteiger partial charge >= 0.3 is 0 Å². The largest absolute Gasteiger partial charge is 0.396 e. The quantitative estimate of drug-likeness (QED) is 0.684. The van der Waals surface area contributed by atoms with Crippen LogP contribution in [0.2, 0.25) is 0 Å². The van der Waals surface area contributed by atoms with E-state index in [1.807, 2.05) is 27.7 Å². The summed E-state index contributed by atoms with van der Waals surface area (Å²) in [6.07, 6.45) is 1.32. The number of hydrogen-bond acceptors (Lipinski definition) is 3. The highest BCUT2D eigenvalue weighted by atomic mass is 32.2. The molecule has 4 nitrogen and oxygen atoms in total. The van der Waals surface area contributed by atoms with Gasteiger partial charge in [-0.1, -0.05) is 34.1 Å². The molecule has 0 aromatic carbocycles. The van der Waals surface area contributed by atoms with Gasteiger partial charge in [-0.25, -0.2) is 13.1 Å². The lowest BCUT2D eigenvalue weighted by molar-refractivity contribution is 0.255. The second-order valence-corrected chi connectivity index (χ2v) is 6.57. The number of aliphatic hydroxyl groups is 1. The maximum Gasteiger partial charge on any atom is 0.212 e. The average molecular weight is 251 g/mol. The SMILES string of the molecule is CCC(C)CS(=O)(=O)NC(CCO)C(C)C. The lowest BCUT2D eigenvalue weighted by Gasteiger charge is -2.22. The van der Waals surface area contributed by atoms with Gasteiger partial charge in [-0.15, -0.1) is 0 Å². The van der Waals surface area contributed by atoms with Crippen LogP contribution < -0.4 is 4.72 Å². The van der Waals surface area contributed by atoms with Crippen LogP contribution in [0.4, 0.5) is 0 Å². The number of nitrogens with one attached hydrogen (secondary N) is 1. The van der Waals surface area contributed by atoms with Gasteiger partial charge in [0.2, 0.25) is 10.0 Å². The Morgan fingerprint density at radius 2 is 1.81 bits per heavy atom. The summed E-state index contributed by atoms with van der Waals surface area (Å²) in [7, 11) is -3.22. The summed E-state index contributed by atoms with van der Waals surface area (Å²) < 4.78 is 26.3. The van der Waals surface area contributed by atoms with Gasteiger partial charge in [0.15, 0.2) is 0 Å². The predicted octanol–water partition coefficient (Wildman–Crippen LogP) is 1.36. The van der Waals surface area contributed by atoms with E-state index in [0.29, 0.717) is 6.42 Å². The zero-order valence-electron chi connectivity index (χ0n) is 10.7. The van der Waals surface area contributed by atoms with Crippen molar-refractivity contribution in [2.45, 2.75) is 46.6 Å². The van der Waals surface area contributed by atoms with E-state index >= 15 is 0 Å². The number of sulfonamides is 1. The smallest absolute Gasteiger partial charge is 0.212 e. The Kier molecular flexibility index (Phi) is 7.19. The zero-order chi connectivity index (χ0) is 12.8. The van der Waals surface area contributed by atoms with E-state index in [2.05, 4.69) is 4.72 Å². The van der Waals surface area contributed by atoms with Crippen LogP contribution >= 0.6 is 0 Å². The normalized spacial score (nSPS) is 16.4. The number of rotatable bonds is 8. The Hall–Kier alpha value is -0.130. The van der Waals surface area contributed by atoms with Gasteiger partial charge < -0.3 is 5.11 Å². The summed E-state index contributed by atoms with van der Waals surface area (Å²) in [5, 5.41) is 8.88. The van der Waals surface area contributed by atoms with Gasteiger partial charge in [-0.3, -0.25) is 0 Å². The molecule has 0 rings (SSSR count). The van der Waals surface area contributed by atoms with Crippen molar-refractivity contribution in [3.8, 4) is 0 Å². The molecule has 0 aliphatic carbocycles. The van der Waals surface area contributed by atoms with E-state index in [0.717, 1.165) is 6.42 Å². The Bertz CT molecular complexity index is 275. The molecule has 0 aromatic heterocycles. The van der Waals surface area contributed by atoms with Crippen molar-refractivity contribution >= 4 is 10.0 Å². The molecule has 16 heavy (non-hydrogen) atoms. The molecule has 0 heterocycles. The standard InChI is InChI=1S/C11H25NO3S/c1-5-10(4)8-16(14,15)12-11(6-7-13)9(2)3/h9-13H,5-8H2,1-4H3. The van der Waals surface area contributed by atoms with E-state index in [4.69, 9.17) is 5.11 Å². The third-order valence-electron chi connectivity index (χ3n) is 2.78. The van der Waals surface area contributed by atoms with Gasteiger partial charge in [0.25, 0.3) is 0 Å². The first kappa shape index (κ1) is 15.9. The molecular formula is C11H25NO3S. The Morgan fingerprint density at radius 1 is 1.25 bits per heavy atom. The number of hydrogen-bond donors (Lipinski definition) is 2. The zero-order valence-corrected chi connectivity index (χ0v) is 11.5. The minimum atomic E-state index is -3.22. The van der Waals surface area contributed by atoms with Crippen molar-refractivity contribution in [3.05, 3.63) is 0 Å². The summed E-state index contributed by atoms with van der Waals surface area (Å²) in [6.45, 7) is 7.82. The highest BCUT2D eigenvalue weighted by Crippen LogP contribution is 2.10. The fraction of sp³-hybridized carbons (Fsp3) is 1.00. The fourth-order valence-corrected chi connectivity index (χ4v) is 3.37. The Labute approximate surface area is 99.5 Å². The summed E-state index contributed by atoms with van der Waals surface area (Å²) in [5.41, 5.74) is 0. The molecule has 98 valence electrons. The average Bonchev–Trinajstić information content (AvgIpc) is 2.15. The Morgan fingerprint density at radius 3 is 2.19 bits per heavy atom. The molecule has 2 atom stereocenters. The number of aliphatic hydroxyl groups excluding tert-OH is 1. The molecule has 0 aromatic rings. The van der Waals surface area contributed by atoms with Crippen LogP contribution in [0.25, 0.3) is 0 Å². The maximum atomic E-state index is 11.8. The third kappa shape index (κ3) is 6.45. The van der Waals surface area contributed by atoms with E-state index in [1.54, 1.807) is 0 Å². The molecule has 5 heteroatoms. The minimum Gasteiger partial charge on any atom is -0.396 e. The lowest BCUT2D eigenvalue weighted by Crippen LogP contribution is -2.41. The van der Waals surface area contributed by atoms with Crippen molar-refractivity contribution < 1.29 is 13.5 Å². The van der Waals surface area contributed by atoms with Gasteiger partial charge in [0.1, 0.15) is 0 Å². The molecule has 2 N–H and O–H groups in total. The van der Waals surface area contributed by atoms with Gasteiger partial charge in [0, 0.05) is 12.6 Å². The summed E-state index contributed by atoms with van der Waals surface area (Å²) >= 11 is 0. The van der Waals surface area contributed by atoms with Crippen LogP contribution in [0, 0.1) is 11.8 Å². The van der Waals surface area contributed by atoms with Crippen LogP contribution in [0.15, 0.2) is 0 Å². The molecule has 0 aliphatic heterocycles. The molecule has 0 spiro atoms. The highest BCUT2D eigenvalue weighted by molar-refractivity contribution is 7.89. The highest BCUT2D eigenvalue weighted by Gasteiger charge is 2.21. The molecular weight excluding hydrogens is 226 g/mol. The topological polar surface area (TPSA) is 66.4 Å². The van der Waals surface area contributed by atoms with Gasteiger partial charge in [0.05, 0.1) is 5.75 Å². The van der Waals surface area contributed by atoms with Crippen LogP contribution in [0.3, 0.4) is 0 Å². The first-order valence-electron chi connectivity index (χ1n) is 5.93. The van der Waals surface area contributed by atoms with Gasteiger partial charge in [-0.05, 0) is 18.3 Å². The fourth-order valence-electron chi connectivity index (χ4n) is 1.44. The Balaban J connectivity index is 4.42. The van der Waals surface area contributed by atoms with E-state index in [9.17, 15) is 8.42 Å². The van der Waals surface area contributed by atoms with Crippen LogP contribution in [-0.4, -0.2) is 31.9 Å². The maximum absolute atomic E-state index is 11.8. The van der Waals surface area contributed by atoms with Gasteiger partial charge in [-0.2, -0.15) is 0 Å². The molecule has 0 radical (unpaired) electrons. The first-order valence-corrected chi connectivity index (χ1v) is 7.58. The second kappa shape index (κ2) is 7.25. The van der Waals surface area contributed by atoms with Crippen LogP contribution in [-0.2, 0) is 10.0 Å². The van der Waals surface area contributed by atoms with Crippen LogP contribution in [0.1, 0.15) is 40.5 Å². The van der Waals surface area contributed by atoms with Crippen molar-refractivity contribution in [1.29, 1.82) is 0 Å². The third-order valence-corrected chi connectivity index (χ3v) is 4.45. The molecule has 0 bridgehead atoms. The molecule has 2 unspecified atom stereocenters. The molecule has 0 fully saturated rings. The van der Waals surface area contributed by atoms with E-state index in [-0.39, 0.29) is 30.2 Å². The van der Waals surface area contributed by atoms with Crippen molar-refractivity contribution in [2.75, 3.05) is 12.4 Å². The van der Waals surface area contributed by atoms with E-state index < -0.39 is 10.0 Å². The second-order valence-electron chi connectivity index (χ2n) is 4.78. The minimum absolute atomic E-state index is 0.00863. The summed E-state index contributed by atoms with van der Waals surface area (Å²) in [6, 6.07) is -0.168. The molecule has 0 amide bonds.